The monoisotopic (exact) mass is 185 g/mol. The lowest BCUT2D eigenvalue weighted by Gasteiger charge is -2.26. The Morgan fingerprint density at radius 3 is 2.54 bits per heavy atom. The molecule has 0 amide bonds. The average Bonchev–Trinajstić information content (AvgIpc) is 2.83. The fraction of sp³-hybridized carbons (Fsp3) is 1.00. The Bertz CT molecular complexity index is 164. The first kappa shape index (κ1) is 9.44. The lowest BCUT2D eigenvalue weighted by molar-refractivity contribution is 0.0420. The summed E-state index contributed by atoms with van der Waals surface area (Å²) in [6.07, 6.45) is 3.96. The zero-order valence-corrected chi connectivity index (χ0v) is 8.24. The van der Waals surface area contributed by atoms with Crippen molar-refractivity contribution in [3.05, 3.63) is 0 Å². The summed E-state index contributed by atoms with van der Waals surface area (Å²) in [4.78, 5) is 0. The van der Waals surface area contributed by atoms with Crippen molar-refractivity contribution < 1.29 is 9.47 Å². The number of hydrogen-bond donors (Lipinski definition) is 1. The van der Waals surface area contributed by atoms with Crippen LogP contribution in [0.25, 0.3) is 0 Å². The van der Waals surface area contributed by atoms with Crippen LogP contribution in [0.5, 0.6) is 0 Å². The summed E-state index contributed by atoms with van der Waals surface area (Å²) in [6.45, 7) is 1.70. The molecule has 0 aromatic heterocycles. The fourth-order valence-electron chi connectivity index (χ4n) is 2.21. The lowest BCUT2D eigenvalue weighted by Crippen LogP contribution is -2.44. The highest BCUT2D eigenvalue weighted by Crippen LogP contribution is 2.37. The van der Waals surface area contributed by atoms with Crippen molar-refractivity contribution in [2.45, 2.75) is 31.4 Å². The van der Waals surface area contributed by atoms with E-state index in [1.165, 1.54) is 12.8 Å². The molecule has 2 aliphatic rings. The maximum absolute atomic E-state index is 6.17. The summed E-state index contributed by atoms with van der Waals surface area (Å²) in [5, 5.41) is 0. The summed E-state index contributed by atoms with van der Waals surface area (Å²) in [6, 6.07) is 0.181. The number of methoxy groups -OCH3 is 1. The van der Waals surface area contributed by atoms with Gasteiger partial charge in [0.1, 0.15) is 0 Å². The van der Waals surface area contributed by atoms with Gasteiger partial charge in [0.25, 0.3) is 0 Å². The molecule has 3 heteroatoms. The summed E-state index contributed by atoms with van der Waals surface area (Å²) < 4.78 is 10.8. The van der Waals surface area contributed by atoms with Crippen LogP contribution < -0.4 is 5.73 Å². The molecule has 3 unspecified atom stereocenters. The van der Waals surface area contributed by atoms with Crippen molar-refractivity contribution in [2.75, 3.05) is 20.3 Å². The van der Waals surface area contributed by atoms with E-state index in [9.17, 15) is 0 Å². The summed E-state index contributed by atoms with van der Waals surface area (Å²) >= 11 is 0. The summed E-state index contributed by atoms with van der Waals surface area (Å²) in [5.41, 5.74) is 6.17. The topological polar surface area (TPSA) is 44.5 Å². The molecule has 1 aliphatic heterocycles. The third-order valence-electron chi connectivity index (χ3n) is 3.25. The molecule has 0 aromatic rings. The zero-order valence-electron chi connectivity index (χ0n) is 8.24. The van der Waals surface area contributed by atoms with Crippen molar-refractivity contribution in [1.29, 1.82) is 0 Å². The van der Waals surface area contributed by atoms with E-state index < -0.39 is 0 Å². The van der Waals surface area contributed by atoms with E-state index in [1.807, 2.05) is 0 Å². The van der Waals surface area contributed by atoms with Gasteiger partial charge in [-0.2, -0.15) is 0 Å². The molecule has 3 atom stereocenters. The Hall–Kier alpha value is -0.120. The van der Waals surface area contributed by atoms with Gasteiger partial charge in [0.2, 0.25) is 0 Å². The Kier molecular flexibility index (Phi) is 2.86. The van der Waals surface area contributed by atoms with E-state index in [4.69, 9.17) is 15.2 Å². The van der Waals surface area contributed by atoms with E-state index >= 15 is 0 Å². The minimum absolute atomic E-state index is 0.181. The van der Waals surface area contributed by atoms with Gasteiger partial charge in [-0.3, -0.25) is 0 Å². The van der Waals surface area contributed by atoms with Crippen LogP contribution in [-0.2, 0) is 9.47 Å². The molecule has 3 nitrogen and oxygen atoms in total. The van der Waals surface area contributed by atoms with E-state index in [2.05, 4.69) is 0 Å². The van der Waals surface area contributed by atoms with E-state index in [-0.39, 0.29) is 12.1 Å². The molecule has 0 spiro atoms. The van der Waals surface area contributed by atoms with Crippen molar-refractivity contribution in [1.82, 2.24) is 0 Å². The van der Waals surface area contributed by atoms with Crippen molar-refractivity contribution in [3.63, 3.8) is 0 Å². The van der Waals surface area contributed by atoms with E-state index in [0.29, 0.717) is 5.92 Å². The molecule has 1 saturated heterocycles. The van der Waals surface area contributed by atoms with Gasteiger partial charge in [-0.05, 0) is 25.2 Å². The Morgan fingerprint density at radius 2 is 2.08 bits per heavy atom. The molecule has 2 fully saturated rings. The van der Waals surface area contributed by atoms with Gasteiger partial charge in [-0.25, -0.2) is 0 Å². The molecule has 2 N–H and O–H groups in total. The second kappa shape index (κ2) is 3.95. The van der Waals surface area contributed by atoms with Crippen LogP contribution in [0, 0.1) is 11.8 Å². The molecular formula is C10H19NO2. The molecule has 0 bridgehead atoms. The Morgan fingerprint density at radius 1 is 1.31 bits per heavy atom. The molecule has 2 rings (SSSR count). The standard InChI is InChI=1S/C10H19NO2/c1-12-10(7-2-3-7)9(11)8-4-5-13-6-8/h7-10H,2-6,11H2,1H3. The van der Waals surface area contributed by atoms with E-state index in [0.717, 1.165) is 25.6 Å². The molecule has 1 aliphatic carbocycles. The second-order valence-electron chi connectivity index (χ2n) is 4.24. The van der Waals surface area contributed by atoms with Crippen molar-refractivity contribution in [3.8, 4) is 0 Å². The predicted molar refractivity (Wildman–Crippen MR) is 50.4 cm³/mol. The predicted octanol–water partition coefficient (Wildman–Crippen LogP) is 0.775. The SMILES string of the molecule is COC(C1CC1)C(N)C1CCOC1. The van der Waals surface area contributed by atoms with Crippen LogP contribution in [0.1, 0.15) is 19.3 Å². The molecule has 1 heterocycles. The molecule has 0 radical (unpaired) electrons. The fourth-order valence-corrected chi connectivity index (χ4v) is 2.21. The zero-order chi connectivity index (χ0) is 9.26. The van der Waals surface area contributed by atoms with Crippen LogP contribution >= 0.6 is 0 Å². The van der Waals surface area contributed by atoms with Gasteiger partial charge in [-0.1, -0.05) is 0 Å². The maximum atomic E-state index is 6.17. The third-order valence-corrected chi connectivity index (χ3v) is 3.25. The first-order valence-electron chi connectivity index (χ1n) is 5.19. The van der Waals surface area contributed by atoms with Gasteiger partial charge in [0.15, 0.2) is 0 Å². The van der Waals surface area contributed by atoms with Crippen LogP contribution in [0.3, 0.4) is 0 Å². The highest BCUT2D eigenvalue weighted by Gasteiger charge is 2.39. The lowest BCUT2D eigenvalue weighted by atomic mass is 9.92. The van der Waals surface area contributed by atoms with Crippen LogP contribution in [-0.4, -0.2) is 32.5 Å². The van der Waals surface area contributed by atoms with Gasteiger partial charge < -0.3 is 15.2 Å². The first-order valence-corrected chi connectivity index (χ1v) is 5.19. The summed E-state index contributed by atoms with van der Waals surface area (Å²) in [7, 11) is 1.78. The largest absolute Gasteiger partial charge is 0.381 e. The average molecular weight is 185 g/mol. The molecule has 1 saturated carbocycles. The van der Waals surface area contributed by atoms with Gasteiger partial charge in [0, 0.05) is 25.7 Å². The Labute approximate surface area is 79.6 Å². The number of hydrogen-bond acceptors (Lipinski definition) is 3. The normalized spacial score (nSPS) is 33.2. The highest BCUT2D eigenvalue weighted by atomic mass is 16.5. The summed E-state index contributed by atoms with van der Waals surface area (Å²) in [5.74, 6) is 1.24. The number of rotatable bonds is 4. The van der Waals surface area contributed by atoms with Crippen LogP contribution in [0.4, 0.5) is 0 Å². The molecule has 76 valence electrons. The van der Waals surface area contributed by atoms with Gasteiger partial charge in [-0.15, -0.1) is 0 Å². The molecular weight excluding hydrogens is 166 g/mol. The number of nitrogens with two attached hydrogens (primary N) is 1. The first-order chi connectivity index (χ1) is 6.33. The van der Waals surface area contributed by atoms with Crippen LogP contribution in [0.15, 0.2) is 0 Å². The quantitative estimate of drug-likeness (QED) is 0.703. The van der Waals surface area contributed by atoms with Gasteiger partial charge >= 0.3 is 0 Å². The van der Waals surface area contributed by atoms with Crippen LogP contribution in [0.2, 0.25) is 0 Å². The van der Waals surface area contributed by atoms with Crippen molar-refractivity contribution >= 4 is 0 Å². The van der Waals surface area contributed by atoms with E-state index in [1.54, 1.807) is 7.11 Å². The molecule has 0 aromatic carbocycles. The smallest absolute Gasteiger partial charge is 0.0753 e. The number of ether oxygens (including phenoxy) is 2. The highest BCUT2D eigenvalue weighted by molar-refractivity contribution is 4.92. The van der Waals surface area contributed by atoms with Crippen molar-refractivity contribution in [2.24, 2.45) is 17.6 Å². The third kappa shape index (κ3) is 2.03. The van der Waals surface area contributed by atoms with Gasteiger partial charge in [0.05, 0.1) is 12.7 Å². The Balaban J connectivity index is 1.88. The second-order valence-corrected chi connectivity index (χ2v) is 4.24. The minimum atomic E-state index is 0.181. The molecule has 13 heavy (non-hydrogen) atoms. The minimum Gasteiger partial charge on any atom is -0.381 e. The maximum Gasteiger partial charge on any atom is 0.0753 e.